The highest BCUT2D eigenvalue weighted by Crippen LogP contribution is 2.49. The standard InChI is InChI=1S/C14H23BrN2O/c1-9-6-13(3,4)8-14(9,18)7-11-12(15)10(2)16-17(11)5/h9,18H,6-8H2,1-5H3. The van der Waals surface area contributed by atoms with Crippen LogP contribution in [0.4, 0.5) is 0 Å². The minimum absolute atomic E-state index is 0.230. The first-order valence-corrected chi connectivity index (χ1v) is 7.34. The number of aromatic nitrogens is 2. The van der Waals surface area contributed by atoms with Crippen molar-refractivity contribution in [3.8, 4) is 0 Å². The lowest BCUT2D eigenvalue weighted by Gasteiger charge is -2.28. The van der Waals surface area contributed by atoms with Crippen LogP contribution in [0.25, 0.3) is 0 Å². The summed E-state index contributed by atoms with van der Waals surface area (Å²) in [5.41, 5.74) is 1.71. The lowest BCUT2D eigenvalue weighted by Crippen LogP contribution is -2.35. The van der Waals surface area contributed by atoms with E-state index in [0.29, 0.717) is 12.3 Å². The zero-order valence-corrected chi connectivity index (χ0v) is 13.5. The van der Waals surface area contributed by atoms with E-state index in [9.17, 15) is 5.11 Å². The van der Waals surface area contributed by atoms with E-state index in [2.05, 4.69) is 41.8 Å². The molecular weight excluding hydrogens is 292 g/mol. The topological polar surface area (TPSA) is 38.0 Å². The van der Waals surface area contributed by atoms with Gasteiger partial charge in [-0.2, -0.15) is 5.10 Å². The minimum atomic E-state index is -0.605. The Morgan fingerprint density at radius 3 is 2.50 bits per heavy atom. The average molecular weight is 315 g/mol. The molecule has 2 rings (SSSR count). The molecule has 2 atom stereocenters. The fourth-order valence-electron chi connectivity index (χ4n) is 3.49. The maximum absolute atomic E-state index is 10.9. The van der Waals surface area contributed by atoms with Crippen LogP contribution in [0.3, 0.4) is 0 Å². The molecule has 0 spiro atoms. The van der Waals surface area contributed by atoms with Crippen LogP contribution in [0.1, 0.15) is 45.0 Å². The molecule has 4 heteroatoms. The van der Waals surface area contributed by atoms with Crippen LogP contribution in [-0.4, -0.2) is 20.5 Å². The van der Waals surface area contributed by atoms with E-state index in [1.54, 1.807) is 0 Å². The molecule has 0 radical (unpaired) electrons. The van der Waals surface area contributed by atoms with Gasteiger partial charge in [-0.25, -0.2) is 0 Å². The van der Waals surface area contributed by atoms with E-state index in [0.717, 1.165) is 28.7 Å². The molecule has 18 heavy (non-hydrogen) atoms. The van der Waals surface area contributed by atoms with Crippen LogP contribution in [0, 0.1) is 18.3 Å². The normalized spacial score (nSPS) is 30.9. The first-order chi connectivity index (χ1) is 8.15. The maximum Gasteiger partial charge on any atom is 0.0738 e. The molecular formula is C14H23BrN2O. The van der Waals surface area contributed by atoms with E-state index in [-0.39, 0.29) is 5.41 Å². The molecule has 2 unspecified atom stereocenters. The molecule has 0 saturated heterocycles. The highest BCUT2D eigenvalue weighted by atomic mass is 79.9. The van der Waals surface area contributed by atoms with Crippen molar-refractivity contribution in [2.45, 2.75) is 52.6 Å². The monoisotopic (exact) mass is 314 g/mol. The Hall–Kier alpha value is -0.350. The van der Waals surface area contributed by atoms with Gasteiger partial charge in [0, 0.05) is 13.5 Å². The highest BCUT2D eigenvalue weighted by Gasteiger charge is 2.47. The summed E-state index contributed by atoms with van der Waals surface area (Å²) >= 11 is 3.59. The first kappa shape index (κ1) is 14.1. The van der Waals surface area contributed by atoms with Crippen LogP contribution in [0.2, 0.25) is 0 Å². The van der Waals surface area contributed by atoms with Gasteiger partial charge in [-0.15, -0.1) is 0 Å². The lowest BCUT2D eigenvalue weighted by atomic mass is 9.86. The molecule has 0 aromatic carbocycles. The van der Waals surface area contributed by atoms with Crippen LogP contribution < -0.4 is 0 Å². The van der Waals surface area contributed by atoms with E-state index < -0.39 is 5.60 Å². The van der Waals surface area contributed by atoms with E-state index in [1.165, 1.54) is 0 Å². The molecule has 0 bridgehead atoms. The van der Waals surface area contributed by atoms with Gasteiger partial charge in [-0.05, 0) is 47.0 Å². The van der Waals surface area contributed by atoms with Gasteiger partial charge in [0.15, 0.2) is 0 Å². The number of nitrogens with zero attached hydrogens (tertiary/aromatic N) is 2. The zero-order valence-electron chi connectivity index (χ0n) is 11.9. The van der Waals surface area contributed by atoms with Crippen molar-refractivity contribution < 1.29 is 5.11 Å². The number of hydrogen-bond acceptors (Lipinski definition) is 2. The SMILES string of the molecule is Cc1nn(C)c(CC2(O)CC(C)(C)CC2C)c1Br. The first-order valence-electron chi connectivity index (χ1n) is 6.55. The fraction of sp³-hybridized carbons (Fsp3) is 0.786. The molecule has 0 aliphatic heterocycles. The molecule has 102 valence electrons. The van der Waals surface area contributed by atoms with Crippen molar-refractivity contribution >= 4 is 15.9 Å². The Labute approximate surface area is 118 Å². The molecule has 1 aromatic heterocycles. The molecule has 1 saturated carbocycles. The molecule has 3 nitrogen and oxygen atoms in total. The zero-order chi connectivity index (χ0) is 13.7. The van der Waals surface area contributed by atoms with Crippen molar-refractivity contribution in [3.05, 3.63) is 15.9 Å². The summed E-state index contributed by atoms with van der Waals surface area (Å²) in [6, 6.07) is 0. The van der Waals surface area contributed by atoms with Crippen molar-refractivity contribution in [2.24, 2.45) is 18.4 Å². The summed E-state index contributed by atoms with van der Waals surface area (Å²) in [5, 5.41) is 15.3. The van der Waals surface area contributed by atoms with Gasteiger partial charge in [0.25, 0.3) is 0 Å². The number of halogens is 1. The summed E-state index contributed by atoms with van der Waals surface area (Å²) in [6.45, 7) is 8.63. The second kappa shape index (κ2) is 4.34. The maximum atomic E-state index is 10.9. The summed E-state index contributed by atoms with van der Waals surface area (Å²) in [4.78, 5) is 0. The van der Waals surface area contributed by atoms with Crippen molar-refractivity contribution in [1.29, 1.82) is 0 Å². The van der Waals surface area contributed by atoms with Gasteiger partial charge in [-0.1, -0.05) is 20.8 Å². The molecule has 1 N–H and O–H groups in total. The number of rotatable bonds is 2. The largest absolute Gasteiger partial charge is 0.389 e. The highest BCUT2D eigenvalue weighted by molar-refractivity contribution is 9.10. The second-order valence-corrected chi connectivity index (χ2v) is 7.49. The van der Waals surface area contributed by atoms with Gasteiger partial charge in [0.05, 0.1) is 21.5 Å². The van der Waals surface area contributed by atoms with E-state index in [4.69, 9.17) is 0 Å². The predicted molar refractivity (Wildman–Crippen MR) is 76.5 cm³/mol. The van der Waals surface area contributed by atoms with Crippen molar-refractivity contribution in [1.82, 2.24) is 9.78 Å². The smallest absolute Gasteiger partial charge is 0.0738 e. The third-order valence-corrected chi connectivity index (χ3v) is 5.33. The molecule has 1 aromatic rings. The Morgan fingerprint density at radius 2 is 2.11 bits per heavy atom. The Morgan fingerprint density at radius 1 is 1.50 bits per heavy atom. The molecule has 1 fully saturated rings. The summed E-state index contributed by atoms with van der Waals surface area (Å²) in [7, 11) is 1.95. The van der Waals surface area contributed by atoms with Gasteiger partial charge >= 0.3 is 0 Å². The summed E-state index contributed by atoms with van der Waals surface area (Å²) < 4.78 is 2.92. The van der Waals surface area contributed by atoms with Gasteiger partial charge < -0.3 is 5.11 Å². The van der Waals surface area contributed by atoms with Crippen LogP contribution >= 0.6 is 15.9 Å². The second-order valence-electron chi connectivity index (χ2n) is 6.70. The third-order valence-electron chi connectivity index (χ3n) is 4.30. The fourth-order valence-corrected chi connectivity index (χ4v) is 3.97. The van der Waals surface area contributed by atoms with E-state index >= 15 is 0 Å². The predicted octanol–water partition coefficient (Wildman–Crippen LogP) is 3.22. The molecule has 1 aliphatic carbocycles. The van der Waals surface area contributed by atoms with Crippen molar-refractivity contribution in [2.75, 3.05) is 0 Å². The number of aliphatic hydroxyl groups is 1. The lowest BCUT2D eigenvalue weighted by molar-refractivity contribution is 0.00269. The van der Waals surface area contributed by atoms with Crippen molar-refractivity contribution in [3.63, 3.8) is 0 Å². The van der Waals surface area contributed by atoms with Gasteiger partial charge in [0.1, 0.15) is 0 Å². The number of hydrogen-bond donors (Lipinski definition) is 1. The van der Waals surface area contributed by atoms with Gasteiger partial charge in [0.2, 0.25) is 0 Å². The third kappa shape index (κ3) is 2.37. The van der Waals surface area contributed by atoms with Gasteiger partial charge in [-0.3, -0.25) is 4.68 Å². The summed E-state index contributed by atoms with van der Waals surface area (Å²) in [5.74, 6) is 0.328. The quantitative estimate of drug-likeness (QED) is 0.910. The Kier molecular flexibility index (Phi) is 3.39. The molecule has 1 heterocycles. The Balaban J connectivity index is 2.28. The van der Waals surface area contributed by atoms with Crippen LogP contribution in [0.15, 0.2) is 4.47 Å². The van der Waals surface area contributed by atoms with Crippen LogP contribution in [-0.2, 0) is 13.5 Å². The number of aryl methyl sites for hydroxylation is 2. The van der Waals surface area contributed by atoms with E-state index in [1.807, 2.05) is 18.7 Å². The minimum Gasteiger partial charge on any atom is -0.389 e. The van der Waals surface area contributed by atoms with Crippen LogP contribution in [0.5, 0.6) is 0 Å². The molecule has 1 aliphatic rings. The Bertz CT molecular complexity index is 467. The average Bonchev–Trinajstić information content (AvgIpc) is 2.55. The summed E-state index contributed by atoms with van der Waals surface area (Å²) in [6.07, 6.45) is 2.62. The molecule has 0 amide bonds.